The zero-order chi connectivity index (χ0) is 28.4. The van der Waals surface area contributed by atoms with Crippen molar-refractivity contribution in [2.24, 2.45) is 5.92 Å². The Hall–Kier alpha value is -4.33. The van der Waals surface area contributed by atoms with Gasteiger partial charge in [0, 0.05) is 37.3 Å². The van der Waals surface area contributed by atoms with Crippen molar-refractivity contribution in [1.29, 1.82) is 0 Å². The van der Waals surface area contributed by atoms with Crippen molar-refractivity contribution < 1.29 is 28.6 Å². The first kappa shape index (κ1) is 29.2. The Morgan fingerprint density at radius 2 is 1.72 bits per heavy atom. The van der Waals surface area contributed by atoms with Crippen LogP contribution in [-0.4, -0.2) is 54.7 Å². The Balaban J connectivity index is 1.86. The van der Waals surface area contributed by atoms with Crippen LogP contribution >= 0.6 is 0 Å². The van der Waals surface area contributed by atoms with Crippen molar-refractivity contribution in [1.82, 2.24) is 9.88 Å². The number of benzene rings is 2. The number of para-hydroxylation sites is 1. The van der Waals surface area contributed by atoms with Crippen LogP contribution in [0.2, 0.25) is 0 Å². The normalized spacial score (nSPS) is 12.6. The number of H-pyrrole nitrogens is 1. The van der Waals surface area contributed by atoms with Crippen LogP contribution in [0.1, 0.15) is 37.1 Å². The summed E-state index contributed by atoms with van der Waals surface area (Å²) < 4.78 is 15.2. The number of aromatic nitrogens is 1. The Kier molecular flexibility index (Phi) is 10.5. The Morgan fingerprint density at radius 1 is 1.03 bits per heavy atom. The molecule has 0 fully saturated rings. The summed E-state index contributed by atoms with van der Waals surface area (Å²) in [6, 6.07) is 17.9. The van der Waals surface area contributed by atoms with Gasteiger partial charge in [-0.25, -0.2) is 4.79 Å². The first-order valence-electron chi connectivity index (χ1n) is 12.8. The molecule has 0 aliphatic carbocycles. The molecule has 0 aliphatic rings. The number of aromatic amines is 1. The third kappa shape index (κ3) is 7.83. The zero-order valence-electron chi connectivity index (χ0n) is 22.9. The largest absolute Gasteiger partial charge is 0.469 e. The fourth-order valence-electron chi connectivity index (χ4n) is 4.47. The molecule has 0 amide bonds. The van der Waals surface area contributed by atoms with Crippen LogP contribution in [0.25, 0.3) is 16.5 Å². The third-order valence-corrected chi connectivity index (χ3v) is 6.56. The summed E-state index contributed by atoms with van der Waals surface area (Å²) in [5, 5.41) is 1.02. The molecule has 8 nitrogen and oxygen atoms in total. The number of hydrogen-bond acceptors (Lipinski definition) is 7. The first-order valence-corrected chi connectivity index (χ1v) is 12.8. The molecule has 39 heavy (non-hydrogen) atoms. The summed E-state index contributed by atoms with van der Waals surface area (Å²) in [5.74, 6) is -1.99. The van der Waals surface area contributed by atoms with Gasteiger partial charge in [0.25, 0.3) is 0 Å². The van der Waals surface area contributed by atoms with E-state index in [1.165, 1.54) is 21.1 Å². The highest BCUT2D eigenvalue weighted by Gasteiger charge is 2.26. The number of fused-ring (bicyclic) bond motifs is 1. The van der Waals surface area contributed by atoms with Crippen molar-refractivity contribution in [2.75, 3.05) is 20.8 Å². The van der Waals surface area contributed by atoms with Gasteiger partial charge >= 0.3 is 17.9 Å². The van der Waals surface area contributed by atoms with Gasteiger partial charge in [0.15, 0.2) is 0 Å². The smallest absolute Gasteiger partial charge is 0.339 e. The lowest BCUT2D eigenvalue weighted by atomic mass is 10.0. The summed E-state index contributed by atoms with van der Waals surface area (Å²) in [7, 11) is 2.65. The second kappa shape index (κ2) is 14.0. The molecule has 0 bridgehead atoms. The van der Waals surface area contributed by atoms with Crippen LogP contribution in [-0.2, 0) is 41.6 Å². The standard InChI is InChI=1S/C31H36N2O6/c1-21(30(35)37-4)28(39-23(3)34)16-11-18-33(20-24-12-7-6-8-13-24)19-17-26-25-14-9-10-15-27(25)32-29(26)22(2)31(36)38-5/h6-15,18,21,28,32H,2,16-17,19-20H2,1,3-5H3/b18-11+. The molecule has 0 saturated heterocycles. The number of carbonyl (C=O) groups excluding carboxylic acids is 3. The van der Waals surface area contributed by atoms with Gasteiger partial charge in [0.1, 0.15) is 6.10 Å². The Bertz CT molecular complexity index is 1330. The molecule has 0 saturated carbocycles. The van der Waals surface area contributed by atoms with Gasteiger partial charge in [0.05, 0.1) is 31.4 Å². The highest BCUT2D eigenvalue weighted by Crippen LogP contribution is 2.28. The summed E-state index contributed by atoms with van der Waals surface area (Å²) in [4.78, 5) is 41.5. The van der Waals surface area contributed by atoms with Crippen molar-refractivity contribution in [3.63, 3.8) is 0 Å². The molecule has 206 valence electrons. The topological polar surface area (TPSA) is 97.9 Å². The number of hydrogen-bond donors (Lipinski definition) is 1. The van der Waals surface area contributed by atoms with Crippen molar-refractivity contribution >= 4 is 34.4 Å². The van der Waals surface area contributed by atoms with Crippen LogP contribution in [0.3, 0.4) is 0 Å². The number of nitrogens with zero attached hydrogens (tertiary/aromatic N) is 1. The van der Waals surface area contributed by atoms with E-state index in [-0.39, 0.29) is 5.57 Å². The maximum Gasteiger partial charge on any atom is 0.339 e. The molecule has 2 atom stereocenters. The molecule has 2 aromatic carbocycles. The minimum atomic E-state index is -0.645. The summed E-state index contributed by atoms with van der Waals surface area (Å²) in [6.45, 7) is 8.23. The lowest BCUT2D eigenvalue weighted by Crippen LogP contribution is -2.30. The summed E-state index contributed by atoms with van der Waals surface area (Å²) >= 11 is 0. The predicted octanol–water partition coefficient (Wildman–Crippen LogP) is 5.04. The average Bonchev–Trinajstić information content (AvgIpc) is 3.32. The molecule has 0 radical (unpaired) electrons. The van der Waals surface area contributed by atoms with E-state index in [1.54, 1.807) is 6.92 Å². The molecule has 1 aromatic heterocycles. The third-order valence-electron chi connectivity index (χ3n) is 6.56. The maximum absolute atomic E-state index is 12.3. The fourth-order valence-corrected chi connectivity index (χ4v) is 4.47. The monoisotopic (exact) mass is 532 g/mol. The number of rotatable bonds is 13. The number of ether oxygens (including phenoxy) is 3. The molecule has 1 heterocycles. The highest BCUT2D eigenvalue weighted by atomic mass is 16.6. The SMILES string of the molecule is C=C(C(=O)OC)c1[nH]c2ccccc2c1CCN(/C=C/CC(OC(C)=O)C(C)C(=O)OC)Cc1ccccc1. The molecule has 0 aliphatic heterocycles. The van der Waals surface area contributed by atoms with Gasteiger partial charge in [-0.15, -0.1) is 0 Å². The van der Waals surface area contributed by atoms with E-state index in [0.717, 1.165) is 22.0 Å². The van der Waals surface area contributed by atoms with Gasteiger partial charge < -0.3 is 24.1 Å². The fraction of sp³-hybridized carbons (Fsp3) is 0.323. The van der Waals surface area contributed by atoms with Gasteiger partial charge in [0.2, 0.25) is 0 Å². The van der Waals surface area contributed by atoms with E-state index >= 15 is 0 Å². The zero-order valence-corrected chi connectivity index (χ0v) is 22.9. The van der Waals surface area contributed by atoms with E-state index < -0.39 is 29.9 Å². The molecule has 1 N–H and O–H groups in total. The van der Waals surface area contributed by atoms with Crippen LogP contribution in [0.15, 0.2) is 73.5 Å². The van der Waals surface area contributed by atoms with Crippen molar-refractivity contribution in [3.8, 4) is 0 Å². The van der Waals surface area contributed by atoms with E-state index in [9.17, 15) is 14.4 Å². The van der Waals surface area contributed by atoms with E-state index in [4.69, 9.17) is 14.2 Å². The van der Waals surface area contributed by atoms with Crippen LogP contribution < -0.4 is 0 Å². The molecular formula is C31H36N2O6. The second-order valence-corrected chi connectivity index (χ2v) is 9.28. The number of carbonyl (C=O) groups is 3. The lowest BCUT2D eigenvalue weighted by Gasteiger charge is -2.23. The summed E-state index contributed by atoms with van der Waals surface area (Å²) in [6.07, 6.45) is 4.18. The van der Waals surface area contributed by atoms with E-state index in [2.05, 4.69) is 28.6 Å². The average molecular weight is 533 g/mol. The number of nitrogens with one attached hydrogen (secondary N) is 1. The highest BCUT2D eigenvalue weighted by molar-refractivity contribution is 6.16. The minimum Gasteiger partial charge on any atom is -0.469 e. The van der Waals surface area contributed by atoms with Crippen LogP contribution in [0.5, 0.6) is 0 Å². The molecule has 8 heteroatoms. The van der Waals surface area contributed by atoms with Crippen molar-refractivity contribution in [2.45, 2.75) is 39.3 Å². The minimum absolute atomic E-state index is 0.273. The van der Waals surface area contributed by atoms with Crippen LogP contribution in [0, 0.1) is 5.92 Å². The quantitative estimate of drug-likeness (QED) is 0.187. The van der Waals surface area contributed by atoms with Gasteiger partial charge in [-0.05, 0) is 36.7 Å². The molecular weight excluding hydrogens is 496 g/mol. The number of esters is 3. The molecule has 0 spiro atoms. The second-order valence-electron chi connectivity index (χ2n) is 9.28. The first-order chi connectivity index (χ1) is 18.7. The van der Waals surface area contributed by atoms with Crippen molar-refractivity contribution in [3.05, 3.63) is 90.3 Å². The molecule has 2 unspecified atom stereocenters. The number of methoxy groups -OCH3 is 2. The van der Waals surface area contributed by atoms with Gasteiger partial charge in [-0.1, -0.05) is 61.2 Å². The predicted molar refractivity (Wildman–Crippen MR) is 150 cm³/mol. The van der Waals surface area contributed by atoms with E-state index in [0.29, 0.717) is 31.6 Å². The lowest BCUT2D eigenvalue weighted by molar-refractivity contribution is -0.157. The Morgan fingerprint density at radius 3 is 2.38 bits per heavy atom. The van der Waals surface area contributed by atoms with Crippen LogP contribution in [0.4, 0.5) is 0 Å². The summed E-state index contributed by atoms with van der Waals surface area (Å²) in [5.41, 5.74) is 3.95. The van der Waals surface area contributed by atoms with E-state index in [1.807, 2.05) is 54.7 Å². The Labute approximate surface area is 229 Å². The molecule has 3 aromatic rings. The molecule has 3 rings (SSSR count). The maximum atomic E-state index is 12.3. The van der Waals surface area contributed by atoms with Gasteiger partial charge in [-0.2, -0.15) is 0 Å². The van der Waals surface area contributed by atoms with Gasteiger partial charge in [-0.3, -0.25) is 9.59 Å².